The van der Waals surface area contributed by atoms with Gasteiger partial charge < -0.3 is 0 Å². The second-order valence-corrected chi connectivity index (χ2v) is 8.05. The van der Waals surface area contributed by atoms with Crippen molar-refractivity contribution in [2.75, 3.05) is 0 Å². The van der Waals surface area contributed by atoms with E-state index in [4.69, 9.17) is 5.10 Å². The molecule has 0 saturated heterocycles. The van der Waals surface area contributed by atoms with E-state index in [9.17, 15) is 0 Å². The highest BCUT2D eigenvalue weighted by atomic mass is 15.3. The first-order valence-electron chi connectivity index (χ1n) is 11.1. The molecule has 4 aromatic carbocycles. The number of aryl methyl sites for hydroxylation is 2. The summed E-state index contributed by atoms with van der Waals surface area (Å²) in [6, 6.07) is 44.8. The lowest BCUT2D eigenvalue weighted by molar-refractivity contribution is 0.456. The zero-order valence-corrected chi connectivity index (χ0v) is 18.0. The fourth-order valence-electron chi connectivity index (χ4n) is 4.53. The number of hydrogen-bond acceptors (Lipinski definition) is 1. The number of hydrogen-bond donors (Lipinski definition) is 0. The van der Waals surface area contributed by atoms with Crippen molar-refractivity contribution in [1.29, 1.82) is 0 Å². The molecule has 0 fully saturated rings. The zero-order chi connectivity index (χ0) is 21.6. The fourth-order valence-corrected chi connectivity index (χ4v) is 4.53. The molecule has 0 unspecified atom stereocenters. The fraction of sp³-hybridized carbons (Fsp3) is 0.100. The number of nitrogens with zero attached hydrogens (tertiary/aromatic N) is 2. The molecule has 0 aliphatic heterocycles. The second kappa shape index (κ2) is 9.07. The molecular formula is C30H26N2. The molecule has 0 aliphatic carbocycles. The molecule has 0 amide bonds. The minimum atomic E-state index is -0.547. The Morgan fingerprint density at radius 2 is 0.938 bits per heavy atom. The van der Waals surface area contributed by atoms with Gasteiger partial charge in [-0.25, -0.2) is 0 Å². The topological polar surface area (TPSA) is 17.8 Å². The van der Waals surface area contributed by atoms with E-state index in [1.165, 1.54) is 22.3 Å². The third kappa shape index (κ3) is 3.76. The first-order chi connectivity index (χ1) is 15.9. The maximum absolute atomic E-state index is 5.14. The smallest absolute Gasteiger partial charge is 0.137 e. The molecule has 0 aliphatic rings. The summed E-state index contributed by atoms with van der Waals surface area (Å²) >= 11 is 0. The minimum Gasteiger partial charge on any atom is -0.253 e. The van der Waals surface area contributed by atoms with Gasteiger partial charge in [-0.05, 0) is 41.2 Å². The maximum atomic E-state index is 5.14. The molecule has 1 aromatic heterocycles. The van der Waals surface area contributed by atoms with Crippen molar-refractivity contribution in [2.24, 2.45) is 0 Å². The predicted molar refractivity (Wildman–Crippen MR) is 131 cm³/mol. The molecule has 5 aromatic rings. The predicted octanol–water partition coefficient (Wildman–Crippen LogP) is 6.51. The van der Waals surface area contributed by atoms with Crippen LogP contribution in [-0.2, 0) is 18.4 Å². The summed E-state index contributed by atoms with van der Waals surface area (Å²) in [7, 11) is 0. The highest BCUT2D eigenvalue weighted by Gasteiger charge is 2.39. The Kier molecular flexibility index (Phi) is 5.67. The van der Waals surface area contributed by atoms with Crippen molar-refractivity contribution in [3.05, 3.63) is 162 Å². The Bertz CT molecular complexity index is 1150. The molecule has 0 radical (unpaired) electrons. The van der Waals surface area contributed by atoms with Gasteiger partial charge in [0.2, 0.25) is 0 Å². The maximum Gasteiger partial charge on any atom is 0.137 e. The van der Waals surface area contributed by atoms with Crippen LogP contribution in [0.5, 0.6) is 0 Å². The van der Waals surface area contributed by atoms with Gasteiger partial charge >= 0.3 is 0 Å². The summed E-state index contributed by atoms with van der Waals surface area (Å²) in [5.74, 6) is 0. The van der Waals surface area contributed by atoms with Gasteiger partial charge in [-0.2, -0.15) is 5.10 Å². The van der Waals surface area contributed by atoms with Crippen LogP contribution < -0.4 is 0 Å². The monoisotopic (exact) mass is 414 g/mol. The molecule has 0 saturated carbocycles. The van der Waals surface area contributed by atoms with E-state index < -0.39 is 5.54 Å². The molecule has 156 valence electrons. The Hall–Kier alpha value is -3.91. The molecule has 5 rings (SSSR count). The lowest BCUT2D eigenvalue weighted by Gasteiger charge is -2.36. The van der Waals surface area contributed by atoms with Gasteiger partial charge in [-0.1, -0.05) is 121 Å². The van der Waals surface area contributed by atoms with E-state index in [0.29, 0.717) is 0 Å². The average Bonchev–Trinajstić information content (AvgIpc) is 3.35. The van der Waals surface area contributed by atoms with Crippen molar-refractivity contribution in [1.82, 2.24) is 9.78 Å². The Balaban J connectivity index is 1.65. The van der Waals surface area contributed by atoms with Gasteiger partial charge in [0.25, 0.3) is 0 Å². The molecule has 0 bridgehead atoms. The molecule has 0 N–H and O–H groups in total. The van der Waals surface area contributed by atoms with Crippen LogP contribution in [0, 0.1) is 0 Å². The number of aromatic nitrogens is 2. The van der Waals surface area contributed by atoms with Crippen LogP contribution in [0.4, 0.5) is 0 Å². The second-order valence-electron chi connectivity index (χ2n) is 8.05. The SMILES string of the molecule is c1ccc(CCc2ccn(C(c3ccccc3)(c3ccccc3)c3ccccc3)n2)cc1. The van der Waals surface area contributed by atoms with E-state index in [1.54, 1.807) is 0 Å². The van der Waals surface area contributed by atoms with E-state index in [1.807, 2.05) is 0 Å². The van der Waals surface area contributed by atoms with E-state index in [-0.39, 0.29) is 0 Å². The van der Waals surface area contributed by atoms with Gasteiger partial charge in [0, 0.05) is 6.20 Å². The molecule has 1 heterocycles. The molecular weight excluding hydrogens is 388 g/mol. The summed E-state index contributed by atoms with van der Waals surface area (Å²) in [4.78, 5) is 0. The van der Waals surface area contributed by atoms with Gasteiger partial charge in [0.1, 0.15) is 5.54 Å². The van der Waals surface area contributed by atoms with Gasteiger partial charge in [0.05, 0.1) is 5.69 Å². The Labute approximate surface area is 189 Å². The van der Waals surface area contributed by atoms with Gasteiger partial charge in [-0.3, -0.25) is 4.68 Å². The van der Waals surface area contributed by atoms with E-state index >= 15 is 0 Å². The highest BCUT2D eigenvalue weighted by Crippen LogP contribution is 2.40. The summed E-state index contributed by atoms with van der Waals surface area (Å²) < 4.78 is 2.15. The van der Waals surface area contributed by atoms with Crippen LogP contribution in [-0.4, -0.2) is 9.78 Å². The molecule has 2 heteroatoms. The van der Waals surface area contributed by atoms with Crippen molar-refractivity contribution < 1.29 is 0 Å². The van der Waals surface area contributed by atoms with Gasteiger partial charge in [0.15, 0.2) is 0 Å². The van der Waals surface area contributed by atoms with E-state index in [2.05, 4.69) is 138 Å². The van der Waals surface area contributed by atoms with Crippen LogP contribution in [0.15, 0.2) is 134 Å². The van der Waals surface area contributed by atoms with E-state index in [0.717, 1.165) is 18.5 Å². The molecule has 32 heavy (non-hydrogen) atoms. The third-order valence-electron chi connectivity index (χ3n) is 6.08. The van der Waals surface area contributed by atoms with Crippen LogP contribution >= 0.6 is 0 Å². The summed E-state index contributed by atoms with van der Waals surface area (Å²) in [6.45, 7) is 0. The molecule has 0 spiro atoms. The summed E-state index contributed by atoms with van der Waals surface area (Å²) in [5, 5.41) is 5.14. The minimum absolute atomic E-state index is 0.547. The quantitative estimate of drug-likeness (QED) is 0.278. The van der Waals surface area contributed by atoms with Crippen molar-refractivity contribution in [2.45, 2.75) is 18.4 Å². The van der Waals surface area contributed by atoms with Crippen LogP contribution in [0.2, 0.25) is 0 Å². The first-order valence-corrected chi connectivity index (χ1v) is 11.1. The average molecular weight is 415 g/mol. The standard InChI is InChI=1S/C30H26N2/c1-5-13-25(14-6-1)21-22-29-23-24-32(31-29)30(26-15-7-2-8-16-26,27-17-9-3-10-18-27)28-19-11-4-12-20-28/h1-20,23-24H,21-22H2. The van der Waals surface area contributed by atoms with Crippen molar-refractivity contribution >= 4 is 0 Å². The zero-order valence-electron chi connectivity index (χ0n) is 18.0. The lowest BCUT2D eigenvalue weighted by atomic mass is 9.77. The number of benzene rings is 4. The largest absolute Gasteiger partial charge is 0.253 e. The lowest BCUT2D eigenvalue weighted by Crippen LogP contribution is -2.38. The Morgan fingerprint density at radius 1 is 0.500 bits per heavy atom. The summed E-state index contributed by atoms with van der Waals surface area (Å²) in [6.07, 6.45) is 4.02. The molecule has 0 atom stereocenters. The van der Waals surface area contributed by atoms with Crippen LogP contribution in [0.25, 0.3) is 0 Å². The molecule has 2 nitrogen and oxygen atoms in total. The summed E-state index contributed by atoms with van der Waals surface area (Å²) in [5.41, 5.74) is 5.46. The van der Waals surface area contributed by atoms with Crippen LogP contribution in [0.3, 0.4) is 0 Å². The van der Waals surface area contributed by atoms with Crippen molar-refractivity contribution in [3.63, 3.8) is 0 Å². The Morgan fingerprint density at radius 3 is 1.41 bits per heavy atom. The first kappa shape index (κ1) is 20.0. The van der Waals surface area contributed by atoms with Gasteiger partial charge in [-0.15, -0.1) is 0 Å². The normalized spacial score (nSPS) is 11.4. The third-order valence-corrected chi connectivity index (χ3v) is 6.08. The highest BCUT2D eigenvalue weighted by molar-refractivity contribution is 5.50. The number of rotatable bonds is 7. The van der Waals surface area contributed by atoms with Crippen LogP contribution in [0.1, 0.15) is 27.9 Å². The van der Waals surface area contributed by atoms with Crippen molar-refractivity contribution in [3.8, 4) is 0 Å².